The lowest BCUT2D eigenvalue weighted by Gasteiger charge is -2.13. The van der Waals surface area contributed by atoms with E-state index >= 15 is 0 Å². The number of carboxylic acids is 1. The van der Waals surface area contributed by atoms with Crippen molar-refractivity contribution in [1.82, 2.24) is 10.3 Å². The fraction of sp³-hybridized carbons (Fsp3) is 0.100. The van der Waals surface area contributed by atoms with Crippen molar-refractivity contribution in [3.63, 3.8) is 0 Å². The van der Waals surface area contributed by atoms with Crippen molar-refractivity contribution in [3.8, 4) is 23.3 Å². The third kappa shape index (κ3) is 3.68. The van der Waals surface area contributed by atoms with Gasteiger partial charge in [-0.3, -0.25) is 9.59 Å². The summed E-state index contributed by atoms with van der Waals surface area (Å²) in [5, 5.41) is 31.5. The van der Waals surface area contributed by atoms with E-state index in [1.165, 1.54) is 19.1 Å². The van der Waals surface area contributed by atoms with Gasteiger partial charge in [0, 0.05) is 10.8 Å². The minimum absolute atomic E-state index is 0.0977. The molecule has 1 heterocycles. The van der Waals surface area contributed by atoms with Crippen LogP contribution in [0.1, 0.15) is 23.1 Å². The highest BCUT2D eigenvalue weighted by atomic mass is 16.5. The molecular weight excluding hydrogens is 362 g/mol. The van der Waals surface area contributed by atoms with Gasteiger partial charge in [0.1, 0.15) is 29.3 Å². The fourth-order valence-electron chi connectivity index (χ4n) is 2.54. The number of nitrogens with zero attached hydrogens (tertiary/aromatic N) is 2. The van der Waals surface area contributed by atoms with Gasteiger partial charge in [-0.1, -0.05) is 18.2 Å². The van der Waals surface area contributed by atoms with E-state index < -0.39 is 29.4 Å². The summed E-state index contributed by atoms with van der Waals surface area (Å²) in [6.45, 7) is 1.27. The molecule has 0 saturated heterocycles. The molecule has 1 amide bonds. The van der Waals surface area contributed by atoms with Gasteiger partial charge in [0.05, 0.1) is 0 Å². The molecule has 140 valence electrons. The summed E-state index contributed by atoms with van der Waals surface area (Å²) in [6, 6.07) is 14.3. The maximum Gasteiger partial charge on any atom is 0.325 e. The van der Waals surface area contributed by atoms with E-state index in [4.69, 9.17) is 9.84 Å². The van der Waals surface area contributed by atoms with Crippen molar-refractivity contribution in [2.75, 3.05) is 0 Å². The molecule has 0 aliphatic heterocycles. The molecule has 0 aliphatic rings. The van der Waals surface area contributed by atoms with Gasteiger partial charge in [0.2, 0.25) is 0 Å². The quantitative estimate of drug-likeness (QED) is 0.623. The Morgan fingerprint density at radius 3 is 2.50 bits per heavy atom. The lowest BCUT2D eigenvalue weighted by atomic mass is 10.1. The van der Waals surface area contributed by atoms with Crippen LogP contribution in [0.25, 0.3) is 10.8 Å². The summed E-state index contributed by atoms with van der Waals surface area (Å²) >= 11 is 0. The van der Waals surface area contributed by atoms with Crippen molar-refractivity contribution in [2.45, 2.75) is 13.0 Å². The highest BCUT2D eigenvalue weighted by Crippen LogP contribution is 2.33. The number of carbonyl (C=O) groups excluding carboxylic acids is 1. The number of para-hydroxylation sites is 1. The molecule has 0 saturated carbocycles. The number of aromatic nitrogens is 1. The van der Waals surface area contributed by atoms with Crippen LogP contribution < -0.4 is 10.1 Å². The smallest absolute Gasteiger partial charge is 0.325 e. The van der Waals surface area contributed by atoms with Gasteiger partial charge >= 0.3 is 5.97 Å². The van der Waals surface area contributed by atoms with Gasteiger partial charge in [-0.15, -0.1) is 0 Å². The number of carboxylic acid groups (broad SMARTS) is 1. The molecule has 8 nitrogen and oxygen atoms in total. The molecule has 0 aliphatic carbocycles. The van der Waals surface area contributed by atoms with E-state index in [2.05, 4.69) is 10.3 Å². The number of aliphatic carboxylic acids is 1. The zero-order valence-electron chi connectivity index (χ0n) is 14.7. The second-order valence-electron chi connectivity index (χ2n) is 5.93. The van der Waals surface area contributed by atoms with Crippen molar-refractivity contribution < 1.29 is 24.5 Å². The Kier molecular flexibility index (Phi) is 5.09. The van der Waals surface area contributed by atoms with Crippen LogP contribution in [-0.2, 0) is 4.79 Å². The highest BCUT2D eigenvalue weighted by Gasteiger charge is 2.22. The molecule has 1 aromatic heterocycles. The Morgan fingerprint density at radius 2 is 1.86 bits per heavy atom. The van der Waals surface area contributed by atoms with Crippen LogP contribution in [0.15, 0.2) is 48.5 Å². The number of amides is 1. The molecule has 8 heteroatoms. The second kappa shape index (κ2) is 7.63. The zero-order chi connectivity index (χ0) is 20.3. The SMILES string of the molecule is C[C@@H](NC(=O)c1nc(C#N)c2cc(Oc3ccccc3)ccc2c1O)C(=O)O. The highest BCUT2D eigenvalue weighted by molar-refractivity contribution is 6.04. The molecule has 0 fully saturated rings. The number of carbonyl (C=O) groups is 2. The first-order chi connectivity index (χ1) is 13.4. The third-order valence-electron chi connectivity index (χ3n) is 3.97. The molecule has 28 heavy (non-hydrogen) atoms. The van der Waals surface area contributed by atoms with Crippen LogP contribution in [-0.4, -0.2) is 33.1 Å². The summed E-state index contributed by atoms with van der Waals surface area (Å²) in [4.78, 5) is 27.1. The van der Waals surface area contributed by atoms with Gasteiger partial charge in [-0.2, -0.15) is 5.26 Å². The monoisotopic (exact) mass is 377 g/mol. The Morgan fingerprint density at radius 1 is 1.14 bits per heavy atom. The number of hydrogen-bond donors (Lipinski definition) is 3. The van der Waals surface area contributed by atoms with Gasteiger partial charge in [0.25, 0.3) is 5.91 Å². The molecule has 3 N–H and O–H groups in total. The zero-order valence-corrected chi connectivity index (χ0v) is 14.7. The number of aromatic hydroxyl groups is 1. The fourth-order valence-corrected chi connectivity index (χ4v) is 2.54. The van der Waals surface area contributed by atoms with E-state index in [0.29, 0.717) is 16.9 Å². The average Bonchev–Trinajstić information content (AvgIpc) is 2.69. The molecule has 2 aromatic carbocycles. The first-order valence-corrected chi connectivity index (χ1v) is 8.24. The van der Waals surface area contributed by atoms with Crippen LogP contribution in [0, 0.1) is 11.3 Å². The predicted molar refractivity (Wildman–Crippen MR) is 99.2 cm³/mol. The Bertz CT molecular complexity index is 1110. The Labute approximate surface area is 159 Å². The molecule has 3 aromatic rings. The van der Waals surface area contributed by atoms with Crippen molar-refractivity contribution in [2.24, 2.45) is 0 Å². The number of hydrogen-bond acceptors (Lipinski definition) is 6. The van der Waals surface area contributed by atoms with Crippen LogP contribution in [0.5, 0.6) is 17.2 Å². The number of rotatable bonds is 5. The largest absolute Gasteiger partial charge is 0.505 e. The van der Waals surface area contributed by atoms with Crippen LogP contribution >= 0.6 is 0 Å². The van der Waals surface area contributed by atoms with Crippen LogP contribution in [0.3, 0.4) is 0 Å². The molecule has 0 radical (unpaired) electrons. The van der Waals surface area contributed by atoms with Gasteiger partial charge in [-0.25, -0.2) is 4.98 Å². The lowest BCUT2D eigenvalue weighted by Crippen LogP contribution is -2.38. The minimum Gasteiger partial charge on any atom is -0.505 e. The third-order valence-corrected chi connectivity index (χ3v) is 3.97. The van der Waals surface area contributed by atoms with E-state index in [0.717, 1.165) is 0 Å². The van der Waals surface area contributed by atoms with Gasteiger partial charge < -0.3 is 20.3 Å². The average molecular weight is 377 g/mol. The number of ether oxygens (including phenoxy) is 1. The van der Waals surface area contributed by atoms with E-state index in [9.17, 15) is 20.0 Å². The second-order valence-corrected chi connectivity index (χ2v) is 5.93. The van der Waals surface area contributed by atoms with Gasteiger partial charge in [-0.05, 0) is 37.3 Å². The topological polar surface area (TPSA) is 133 Å². The number of nitrogens with one attached hydrogen (secondary N) is 1. The summed E-state index contributed by atoms with van der Waals surface area (Å²) in [5.41, 5.74) is -0.520. The number of pyridine rings is 1. The van der Waals surface area contributed by atoms with Crippen molar-refractivity contribution in [1.29, 1.82) is 5.26 Å². The Hall–Kier alpha value is -4.12. The van der Waals surface area contributed by atoms with Crippen LogP contribution in [0.4, 0.5) is 0 Å². The standard InChI is InChI=1S/C20H15N3O5/c1-11(20(26)27)22-19(25)17-18(24)14-8-7-13(9-15(14)16(10-21)23-17)28-12-5-3-2-4-6-12/h2-9,11,24H,1H3,(H,22,25)(H,26,27)/t11-/m1/s1. The number of nitriles is 1. The summed E-state index contributed by atoms with van der Waals surface area (Å²) in [7, 11) is 0. The molecule has 1 atom stereocenters. The maximum absolute atomic E-state index is 12.3. The summed E-state index contributed by atoms with van der Waals surface area (Å²) in [6.07, 6.45) is 0. The maximum atomic E-state index is 12.3. The van der Waals surface area contributed by atoms with E-state index in [1.54, 1.807) is 18.2 Å². The minimum atomic E-state index is -1.24. The van der Waals surface area contributed by atoms with E-state index in [1.807, 2.05) is 24.3 Å². The first-order valence-electron chi connectivity index (χ1n) is 8.24. The predicted octanol–water partition coefficient (Wildman–Crippen LogP) is 2.81. The molecule has 3 rings (SSSR count). The summed E-state index contributed by atoms with van der Waals surface area (Å²) < 4.78 is 5.72. The lowest BCUT2D eigenvalue weighted by molar-refractivity contribution is -0.138. The summed E-state index contributed by atoms with van der Waals surface area (Å²) in [5.74, 6) is -1.56. The van der Waals surface area contributed by atoms with Gasteiger partial charge in [0.15, 0.2) is 11.4 Å². The van der Waals surface area contributed by atoms with Crippen molar-refractivity contribution in [3.05, 3.63) is 59.9 Å². The number of fused-ring (bicyclic) bond motifs is 1. The Balaban J connectivity index is 2.03. The molecule has 0 spiro atoms. The molecular formula is C20H15N3O5. The molecule has 0 bridgehead atoms. The normalized spacial score (nSPS) is 11.4. The molecule has 0 unspecified atom stereocenters. The van der Waals surface area contributed by atoms with Crippen LogP contribution in [0.2, 0.25) is 0 Å². The van der Waals surface area contributed by atoms with Crippen molar-refractivity contribution >= 4 is 22.6 Å². The first kappa shape index (κ1) is 18.7. The van der Waals surface area contributed by atoms with E-state index in [-0.39, 0.29) is 11.1 Å². The number of benzene rings is 2.